The number of nitrogens with zero attached hydrogens (tertiary/aromatic N) is 2. The summed E-state index contributed by atoms with van der Waals surface area (Å²) in [6.45, 7) is 2.56. The average molecular weight is 365 g/mol. The maximum absolute atomic E-state index is 12.4. The molecule has 0 unspecified atom stereocenters. The number of rotatable bonds is 6. The highest BCUT2D eigenvalue weighted by atomic mass is 79.9. The second-order valence-electron chi connectivity index (χ2n) is 4.46. The number of allylic oxidation sites excluding steroid dienone is 1. The second kappa shape index (κ2) is 7.26. The van der Waals surface area contributed by atoms with Crippen LogP contribution in [0.3, 0.4) is 0 Å². The number of methoxy groups -OCH3 is 2. The Bertz CT molecular complexity index is 707. The lowest BCUT2D eigenvalue weighted by atomic mass is 10.1. The van der Waals surface area contributed by atoms with Crippen molar-refractivity contribution in [2.75, 3.05) is 14.2 Å². The molecule has 0 saturated carbocycles. The van der Waals surface area contributed by atoms with Gasteiger partial charge in [0.2, 0.25) is 5.78 Å². The molecule has 22 heavy (non-hydrogen) atoms. The first-order valence-electron chi connectivity index (χ1n) is 6.76. The topological polar surface area (TPSA) is 53.4 Å². The molecule has 0 radical (unpaired) electrons. The number of ketones is 1. The summed E-state index contributed by atoms with van der Waals surface area (Å²) >= 11 is 3.35. The Balaban J connectivity index is 2.31. The smallest absolute Gasteiger partial charge is 0.205 e. The summed E-state index contributed by atoms with van der Waals surface area (Å²) in [6, 6.07) is 5.42. The van der Waals surface area contributed by atoms with Crippen molar-refractivity contribution in [1.82, 2.24) is 9.78 Å². The van der Waals surface area contributed by atoms with Gasteiger partial charge >= 0.3 is 0 Å². The molecule has 2 aromatic rings. The highest BCUT2D eigenvalue weighted by molar-refractivity contribution is 9.10. The lowest BCUT2D eigenvalue weighted by Gasteiger charge is -2.07. The van der Waals surface area contributed by atoms with Gasteiger partial charge in [-0.3, -0.25) is 9.48 Å². The van der Waals surface area contributed by atoms with Crippen molar-refractivity contribution in [3.63, 3.8) is 0 Å². The summed E-state index contributed by atoms with van der Waals surface area (Å²) in [5.41, 5.74) is 1.30. The van der Waals surface area contributed by atoms with Crippen LogP contribution in [0.15, 0.2) is 34.9 Å². The number of aromatic nitrogens is 2. The van der Waals surface area contributed by atoms with E-state index in [4.69, 9.17) is 9.47 Å². The van der Waals surface area contributed by atoms with Crippen LogP contribution in [0.25, 0.3) is 6.08 Å². The van der Waals surface area contributed by atoms with Crippen LogP contribution in [0, 0.1) is 0 Å². The molecular weight excluding hydrogens is 348 g/mol. The summed E-state index contributed by atoms with van der Waals surface area (Å²) < 4.78 is 12.8. The summed E-state index contributed by atoms with van der Waals surface area (Å²) in [5, 5.41) is 4.14. The molecule has 0 aliphatic rings. The predicted molar refractivity (Wildman–Crippen MR) is 88.5 cm³/mol. The number of carbonyl (C=O) groups excluding carboxylic acids is 1. The standard InChI is InChI=1S/C16H17BrN2O3/c1-4-19-16(13(17)10-18-19)14(20)7-5-11-9-12(21-2)6-8-15(11)22-3/h5-10H,4H2,1-3H3/b7-5+. The maximum Gasteiger partial charge on any atom is 0.205 e. The predicted octanol–water partition coefficient (Wildman–Crippen LogP) is 3.58. The van der Waals surface area contributed by atoms with Gasteiger partial charge < -0.3 is 9.47 Å². The quantitative estimate of drug-likeness (QED) is 0.580. The van der Waals surface area contributed by atoms with E-state index in [-0.39, 0.29) is 5.78 Å². The minimum atomic E-state index is -0.129. The lowest BCUT2D eigenvalue weighted by Crippen LogP contribution is -2.07. The number of hydrogen-bond acceptors (Lipinski definition) is 4. The number of hydrogen-bond donors (Lipinski definition) is 0. The fourth-order valence-electron chi connectivity index (χ4n) is 2.06. The van der Waals surface area contributed by atoms with Gasteiger partial charge in [-0.05, 0) is 53.2 Å². The number of benzene rings is 1. The van der Waals surface area contributed by atoms with Crippen molar-refractivity contribution in [2.24, 2.45) is 0 Å². The molecule has 1 aromatic carbocycles. The van der Waals surface area contributed by atoms with Crippen LogP contribution in [0.1, 0.15) is 23.0 Å². The number of aryl methyl sites for hydroxylation is 1. The molecule has 0 aliphatic carbocycles. The van der Waals surface area contributed by atoms with Crippen LogP contribution >= 0.6 is 15.9 Å². The monoisotopic (exact) mass is 364 g/mol. The zero-order valence-electron chi connectivity index (χ0n) is 12.7. The van der Waals surface area contributed by atoms with E-state index in [1.165, 1.54) is 6.08 Å². The van der Waals surface area contributed by atoms with E-state index in [0.717, 1.165) is 5.56 Å². The molecule has 0 N–H and O–H groups in total. The fourth-order valence-corrected chi connectivity index (χ4v) is 2.55. The van der Waals surface area contributed by atoms with Crippen LogP contribution in [0.2, 0.25) is 0 Å². The summed E-state index contributed by atoms with van der Waals surface area (Å²) in [4.78, 5) is 12.4. The van der Waals surface area contributed by atoms with E-state index in [2.05, 4.69) is 21.0 Å². The maximum atomic E-state index is 12.4. The van der Waals surface area contributed by atoms with Gasteiger partial charge in [-0.2, -0.15) is 5.10 Å². The van der Waals surface area contributed by atoms with Gasteiger partial charge in [0.05, 0.1) is 24.9 Å². The molecule has 1 aromatic heterocycles. The lowest BCUT2D eigenvalue weighted by molar-refractivity contribution is 0.103. The highest BCUT2D eigenvalue weighted by Gasteiger charge is 2.14. The molecule has 0 bridgehead atoms. The molecule has 0 atom stereocenters. The second-order valence-corrected chi connectivity index (χ2v) is 5.32. The van der Waals surface area contributed by atoms with Gasteiger partial charge in [-0.1, -0.05) is 0 Å². The zero-order valence-corrected chi connectivity index (χ0v) is 14.3. The van der Waals surface area contributed by atoms with Crippen molar-refractivity contribution in [3.05, 3.63) is 46.2 Å². The van der Waals surface area contributed by atoms with Gasteiger partial charge in [-0.25, -0.2) is 0 Å². The summed E-state index contributed by atoms with van der Waals surface area (Å²) in [5.74, 6) is 1.25. The molecule has 0 saturated heterocycles. The third-order valence-electron chi connectivity index (χ3n) is 3.18. The molecule has 6 heteroatoms. The molecule has 1 heterocycles. The van der Waals surface area contributed by atoms with Crippen molar-refractivity contribution in [2.45, 2.75) is 13.5 Å². The van der Waals surface area contributed by atoms with Crippen molar-refractivity contribution in [1.29, 1.82) is 0 Å². The van der Waals surface area contributed by atoms with E-state index in [1.54, 1.807) is 43.3 Å². The fraction of sp³-hybridized carbons (Fsp3) is 0.250. The van der Waals surface area contributed by atoms with Gasteiger partial charge in [0.15, 0.2) is 0 Å². The van der Waals surface area contributed by atoms with Crippen molar-refractivity contribution < 1.29 is 14.3 Å². The van der Waals surface area contributed by atoms with Crippen LogP contribution in [-0.4, -0.2) is 29.8 Å². The Hall–Kier alpha value is -2.08. The van der Waals surface area contributed by atoms with Crippen molar-refractivity contribution >= 4 is 27.8 Å². The van der Waals surface area contributed by atoms with Crippen molar-refractivity contribution in [3.8, 4) is 11.5 Å². The van der Waals surface area contributed by atoms with Gasteiger partial charge in [0.1, 0.15) is 17.2 Å². The van der Waals surface area contributed by atoms with Gasteiger partial charge in [0.25, 0.3) is 0 Å². The first kappa shape index (κ1) is 16.3. The Morgan fingerprint density at radius 1 is 1.36 bits per heavy atom. The Morgan fingerprint density at radius 2 is 2.14 bits per heavy atom. The number of halogens is 1. The SMILES string of the molecule is CCn1ncc(Br)c1C(=O)/C=C/c1cc(OC)ccc1OC. The van der Waals surface area contributed by atoms with E-state index in [1.807, 2.05) is 13.0 Å². The van der Waals surface area contributed by atoms with Gasteiger partial charge in [0, 0.05) is 12.1 Å². The molecule has 0 fully saturated rings. The Morgan fingerprint density at radius 3 is 2.77 bits per heavy atom. The Labute approximate surface area is 137 Å². The average Bonchev–Trinajstić information content (AvgIpc) is 2.93. The number of carbonyl (C=O) groups is 1. The molecular formula is C16H17BrN2O3. The molecule has 0 amide bonds. The molecule has 5 nitrogen and oxygen atoms in total. The van der Waals surface area contributed by atoms with Crippen LogP contribution < -0.4 is 9.47 Å². The normalized spacial score (nSPS) is 10.9. The molecule has 2 rings (SSSR count). The Kier molecular flexibility index (Phi) is 5.38. The molecule has 0 aliphatic heterocycles. The summed E-state index contributed by atoms with van der Waals surface area (Å²) in [6.07, 6.45) is 4.84. The van der Waals surface area contributed by atoms with Crippen LogP contribution in [0.4, 0.5) is 0 Å². The third-order valence-corrected chi connectivity index (χ3v) is 3.76. The summed E-state index contributed by atoms with van der Waals surface area (Å²) in [7, 11) is 3.18. The first-order valence-corrected chi connectivity index (χ1v) is 7.55. The first-order chi connectivity index (χ1) is 10.6. The van der Waals surface area contributed by atoms with E-state index in [0.29, 0.717) is 28.2 Å². The highest BCUT2D eigenvalue weighted by Crippen LogP contribution is 2.25. The minimum absolute atomic E-state index is 0.129. The van der Waals surface area contributed by atoms with E-state index < -0.39 is 0 Å². The van der Waals surface area contributed by atoms with Crippen LogP contribution in [0.5, 0.6) is 11.5 Å². The van der Waals surface area contributed by atoms with Crippen LogP contribution in [-0.2, 0) is 6.54 Å². The largest absolute Gasteiger partial charge is 0.497 e. The number of ether oxygens (including phenoxy) is 2. The molecule has 116 valence electrons. The van der Waals surface area contributed by atoms with E-state index in [9.17, 15) is 4.79 Å². The van der Waals surface area contributed by atoms with E-state index >= 15 is 0 Å². The molecule has 0 spiro atoms. The minimum Gasteiger partial charge on any atom is -0.497 e. The van der Waals surface area contributed by atoms with Gasteiger partial charge in [-0.15, -0.1) is 0 Å². The zero-order chi connectivity index (χ0) is 16.1. The third kappa shape index (κ3) is 3.39.